The predicted molar refractivity (Wildman–Crippen MR) is 71.2 cm³/mol. The van der Waals surface area contributed by atoms with Crippen LogP contribution in [0.5, 0.6) is 0 Å². The van der Waals surface area contributed by atoms with E-state index >= 15 is 0 Å². The number of rotatable bonds is 5. The zero-order valence-electron chi connectivity index (χ0n) is 11.7. The first-order valence-corrected chi connectivity index (χ1v) is 8.06. The van der Waals surface area contributed by atoms with Crippen molar-refractivity contribution < 1.29 is 22.0 Å². The molecule has 2 aromatic heterocycles. The molecule has 0 aliphatic rings. The van der Waals surface area contributed by atoms with Gasteiger partial charge in [0.2, 0.25) is 15.7 Å². The summed E-state index contributed by atoms with van der Waals surface area (Å²) in [6.45, 7) is 3.66. The smallest absolute Gasteiger partial charge is 0.335 e. The van der Waals surface area contributed by atoms with E-state index in [-0.39, 0.29) is 17.6 Å². The minimum Gasteiger partial charge on any atom is -0.459 e. The summed E-state index contributed by atoms with van der Waals surface area (Å²) in [6, 6.07) is 2.49. The normalized spacial score (nSPS) is 13.3. The van der Waals surface area contributed by atoms with Crippen LogP contribution in [-0.2, 0) is 9.84 Å². The average molecular weight is 313 g/mol. The molecule has 2 rings (SSSR count). The topological polar surface area (TPSA) is 115 Å². The van der Waals surface area contributed by atoms with Crippen LogP contribution in [0.25, 0.3) is 0 Å². The Morgan fingerprint density at radius 3 is 2.52 bits per heavy atom. The van der Waals surface area contributed by atoms with E-state index in [0.29, 0.717) is 0 Å². The largest absolute Gasteiger partial charge is 0.459 e. The number of nitrogens with one attached hydrogen (secondary N) is 1. The van der Waals surface area contributed by atoms with Crippen molar-refractivity contribution in [3.8, 4) is 0 Å². The summed E-state index contributed by atoms with van der Waals surface area (Å²) >= 11 is 0. The van der Waals surface area contributed by atoms with E-state index in [2.05, 4.69) is 15.5 Å². The monoisotopic (exact) mass is 313 g/mol. The molecule has 0 saturated carbocycles. The van der Waals surface area contributed by atoms with Crippen molar-refractivity contribution in [3.05, 3.63) is 30.0 Å². The Morgan fingerprint density at radius 1 is 1.33 bits per heavy atom. The molecule has 0 unspecified atom stereocenters. The molecule has 1 amide bonds. The Morgan fingerprint density at radius 2 is 2.05 bits per heavy atom. The molecular formula is C12H15N3O5S. The van der Waals surface area contributed by atoms with E-state index < -0.39 is 27.0 Å². The Labute approximate surface area is 121 Å². The Hall–Kier alpha value is -2.16. The second-order valence-electron chi connectivity index (χ2n) is 4.85. The Kier molecular flexibility index (Phi) is 4.12. The minimum absolute atomic E-state index is 0.0327. The number of carbonyl (C=O) groups is 1. The number of hydrogen-bond donors (Lipinski definition) is 1. The molecule has 1 N–H and O–H groups in total. The SMILES string of the molecule is CC(C)[C@H](NC(=O)c1ccco1)c1nnc(S(C)(=O)=O)o1. The van der Waals surface area contributed by atoms with Crippen LogP contribution in [0.2, 0.25) is 0 Å². The van der Waals surface area contributed by atoms with Crippen LogP contribution >= 0.6 is 0 Å². The van der Waals surface area contributed by atoms with E-state index in [4.69, 9.17) is 8.83 Å². The van der Waals surface area contributed by atoms with Gasteiger partial charge in [-0.3, -0.25) is 4.79 Å². The van der Waals surface area contributed by atoms with Gasteiger partial charge in [0.05, 0.1) is 6.26 Å². The molecule has 0 aliphatic heterocycles. The highest BCUT2D eigenvalue weighted by molar-refractivity contribution is 7.90. The van der Waals surface area contributed by atoms with Gasteiger partial charge in [0.25, 0.3) is 5.91 Å². The van der Waals surface area contributed by atoms with Gasteiger partial charge in [0.15, 0.2) is 5.76 Å². The molecule has 1 atom stereocenters. The summed E-state index contributed by atoms with van der Waals surface area (Å²) in [5, 5.41) is 9.38. The van der Waals surface area contributed by atoms with Crippen molar-refractivity contribution in [1.82, 2.24) is 15.5 Å². The fourth-order valence-electron chi connectivity index (χ4n) is 1.63. The number of aromatic nitrogens is 2. The van der Waals surface area contributed by atoms with E-state index in [9.17, 15) is 13.2 Å². The van der Waals surface area contributed by atoms with Crippen LogP contribution < -0.4 is 5.32 Å². The summed E-state index contributed by atoms with van der Waals surface area (Å²) in [5.41, 5.74) is 0. The molecule has 8 nitrogen and oxygen atoms in total. The van der Waals surface area contributed by atoms with Gasteiger partial charge in [-0.25, -0.2) is 8.42 Å². The van der Waals surface area contributed by atoms with Crippen molar-refractivity contribution >= 4 is 15.7 Å². The van der Waals surface area contributed by atoms with Gasteiger partial charge < -0.3 is 14.2 Å². The molecule has 21 heavy (non-hydrogen) atoms. The Bertz CT molecular complexity index is 718. The first-order valence-electron chi connectivity index (χ1n) is 6.17. The third-order valence-corrected chi connectivity index (χ3v) is 3.50. The molecular weight excluding hydrogens is 298 g/mol. The lowest BCUT2D eigenvalue weighted by atomic mass is 10.0. The summed E-state index contributed by atoms with van der Waals surface area (Å²) in [5.74, 6) is -0.358. The molecule has 0 fully saturated rings. The maximum atomic E-state index is 12.0. The van der Waals surface area contributed by atoms with Gasteiger partial charge in [-0.15, -0.1) is 5.10 Å². The molecule has 0 bridgehead atoms. The highest BCUT2D eigenvalue weighted by Crippen LogP contribution is 2.22. The number of sulfone groups is 1. The molecule has 0 radical (unpaired) electrons. The molecule has 0 aromatic carbocycles. The van der Waals surface area contributed by atoms with Crippen molar-refractivity contribution in [2.45, 2.75) is 25.1 Å². The first kappa shape index (κ1) is 15.2. The van der Waals surface area contributed by atoms with E-state index in [1.807, 2.05) is 13.8 Å². The molecule has 2 aromatic rings. The average Bonchev–Trinajstić information content (AvgIpc) is 3.05. The second kappa shape index (κ2) is 5.68. The van der Waals surface area contributed by atoms with Crippen molar-refractivity contribution in [2.75, 3.05) is 6.26 Å². The van der Waals surface area contributed by atoms with Gasteiger partial charge in [0, 0.05) is 6.26 Å². The van der Waals surface area contributed by atoms with Gasteiger partial charge in [-0.2, -0.15) is 0 Å². The van der Waals surface area contributed by atoms with E-state index in [0.717, 1.165) is 6.26 Å². The van der Waals surface area contributed by atoms with Crippen molar-refractivity contribution in [2.24, 2.45) is 5.92 Å². The van der Waals surface area contributed by atoms with Crippen molar-refractivity contribution in [3.63, 3.8) is 0 Å². The zero-order chi connectivity index (χ0) is 15.6. The second-order valence-corrected chi connectivity index (χ2v) is 6.74. The number of nitrogens with zero attached hydrogens (tertiary/aromatic N) is 2. The molecule has 114 valence electrons. The summed E-state index contributed by atoms with van der Waals surface area (Å²) in [6.07, 6.45) is 2.35. The van der Waals surface area contributed by atoms with Gasteiger partial charge in [-0.1, -0.05) is 18.9 Å². The van der Waals surface area contributed by atoms with Crippen LogP contribution in [0.3, 0.4) is 0 Å². The molecule has 0 spiro atoms. The van der Waals surface area contributed by atoms with Gasteiger partial charge in [-0.05, 0) is 18.1 Å². The number of carbonyl (C=O) groups excluding carboxylic acids is 1. The molecule has 9 heteroatoms. The maximum Gasteiger partial charge on any atom is 0.335 e. The van der Waals surface area contributed by atoms with Crippen LogP contribution in [0.15, 0.2) is 32.5 Å². The standard InChI is InChI=1S/C12H15N3O5S/c1-7(2)9(13-10(16)8-5-4-6-19-8)11-14-15-12(20-11)21(3,17)18/h4-7,9H,1-3H3,(H,13,16)/t9-/m0/s1. The molecule has 0 saturated heterocycles. The maximum absolute atomic E-state index is 12.0. The van der Waals surface area contributed by atoms with E-state index in [1.54, 1.807) is 6.07 Å². The van der Waals surface area contributed by atoms with Crippen LogP contribution in [0, 0.1) is 5.92 Å². The lowest BCUT2D eigenvalue weighted by Crippen LogP contribution is -2.31. The summed E-state index contributed by atoms with van der Waals surface area (Å²) in [4.78, 5) is 12.0. The van der Waals surface area contributed by atoms with Gasteiger partial charge in [0.1, 0.15) is 6.04 Å². The summed E-state index contributed by atoms with van der Waals surface area (Å²) < 4.78 is 32.8. The summed E-state index contributed by atoms with van der Waals surface area (Å²) in [7, 11) is -3.58. The fourth-order valence-corrected chi connectivity index (χ4v) is 2.06. The molecule has 0 aliphatic carbocycles. The lowest BCUT2D eigenvalue weighted by Gasteiger charge is -2.17. The first-order chi connectivity index (χ1) is 9.79. The van der Waals surface area contributed by atoms with Gasteiger partial charge >= 0.3 is 5.22 Å². The lowest BCUT2D eigenvalue weighted by molar-refractivity contribution is 0.0887. The van der Waals surface area contributed by atoms with Crippen LogP contribution in [-0.4, -0.2) is 30.8 Å². The number of hydrogen-bond acceptors (Lipinski definition) is 7. The van der Waals surface area contributed by atoms with Crippen molar-refractivity contribution in [1.29, 1.82) is 0 Å². The fraction of sp³-hybridized carbons (Fsp3) is 0.417. The number of amides is 1. The van der Waals surface area contributed by atoms with Crippen LogP contribution in [0.4, 0.5) is 0 Å². The minimum atomic E-state index is -3.58. The quantitative estimate of drug-likeness (QED) is 0.881. The van der Waals surface area contributed by atoms with Crippen LogP contribution in [0.1, 0.15) is 36.3 Å². The zero-order valence-corrected chi connectivity index (χ0v) is 12.5. The Balaban J connectivity index is 2.24. The highest BCUT2D eigenvalue weighted by Gasteiger charge is 2.27. The number of furan rings is 1. The highest BCUT2D eigenvalue weighted by atomic mass is 32.2. The predicted octanol–water partition coefficient (Wildman–Crippen LogP) is 1.19. The molecule has 2 heterocycles. The van der Waals surface area contributed by atoms with E-state index in [1.165, 1.54) is 12.3 Å². The third-order valence-electron chi connectivity index (χ3n) is 2.70. The third kappa shape index (κ3) is 3.48.